The van der Waals surface area contributed by atoms with Crippen LogP contribution in [0.3, 0.4) is 0 Å². The lowest BCUT2D eigenvalue weighted by atomic mass is 9.84. The number of anilines is 1. The van der Waals surface area contributed by atoms with E-state index in [9.17, 15) is 23.5 Å². The van der Waals surface area contributed by atoms with Gasteiger partial charge < -0.3 is 29.5 Å². The molecule has 13 heteroatoms. The lowest BCUT2D eigenvalue weighted by Crippen LogP contribution is -2.55. The van der Waals surface area contributed by atoms with Crippen molar-refractivity contribution >= 4 is 29.2 Å². The standard InChI is InChI=1S/C27H35ClF2N4O6/c1-17(2)22-5-8-31-34(22)27(25(37)32-21-4-3-19(28)13-23(21)40-26(29)30)6-9-33(10-7-27)14-20(24(35)36)18-15-38-11-12-39-16-18/h3-5,8,13,17-18,20,26H,6-7,9-12,14-16H2,1-2H3,(H,32,37)(H,35,36)/t20-/m0/s1. The third-order valence-corrected chi connectivity index (χ3v) is 7.79. The van der Waals surface area contributed by atoms with Gasteiger partial charge in [-0.1, -0.05) is 25.4 Å². The Kier molecular flexibility index (Phi) is 9.99. The van der Waals surface area contributed by atoms with E-state index in [1.54, 1.807) is 10.9 Å². The summed E-state index contributed by atoms with van der Waals surface area (Å²) >= 11 is 5.98. The topological polar surface area (TPSA) is 115 Å². The summed E-state index contributed by atoms with van der Waals surface area (Å²) in [7, 11) is 0. The van der Waals surface area contributed by atoms with Crippen LogP contribution in [0.2, 0.25) is 5.02 Å². The van der Waals surface area contributed by atoms with Crippen molar-refractivity contribution in [1.82, 2.24) is 14.7 Å². The second kappa shape index (κ2) is 13.2. The molecule has 0 bridgehead atoms. The Morgan fingerprint density at radius 1 is 1.20 bits per heavy atom. The Morgan fingerprint density at radius 3 is 2.48 bits per heavy atom. The molecule has 2 aliphatic heterocycles. The Labute approximate surface area is 236 Å². The summed E-state index contributed by atoms with van der Waals surface area (Å²) in [5, 5.41) is 17.4. The van der Waals surface area contributed by atoms with Crippen molar-refractivity contribution in [2.45, 2.75) is 44.8 Å². The van der Waals surface area contributed by atoms with Crippen LogP contribution in [0.15, 0.2) is 30.5 Å². The quantitative estimate of drug-likeness (QED) is 0.430. The summed E-state index contributed by atoms with van der Waals surface area (Å²) in [5.41, 5.74) is -0.233. The molecule has 2 saturated heterocycles. The molecule has 0 saturated carbocycles. The number of aliphatic carboxylic acids is 1. The molecular weight excluding hydrogens is 550 g/mol. The van der Waals surface area contributed by atoms with Gasteiger partial charge >= 0.3 is 12.6 Å². The number of benzene rings is 1. The van der Waals surface area contributed by atoms with Gasteiger partial charge in [0.15, 0.2) is 5.75 Å². The number of carbonyl (C=O) groups excluding carboxylic acids is 1. The average Bonchev–Trinajstić information content (AvgIpc) is 3.26. The van der Waals surface area contributed by atoms with E-state index in [1.807, 2.05) is 24.8 Å². The molecule has 1 aromatic carbocycles. The highest BCUT2D eigenvalue weighted by Gasteiger charge is 2.46. The molecule has 0 aliphatic carbocycles. The number of carboxylic acid groups (broad SMARTS) is 1. The molecule has 0 unspecified atom stereocenters. The lowest BCUT2D eigenvalue weighted by Gasteiger charge is -2.42. The van der Waals surface area contributed by atoms with Gasteiger partial charge in [-0.2, -0.15) is 13.9 Å². The number of ether oxygens (including phenoxy) is 3. The third kappa shape index (κ3) is 6.91. The van der Waals surface area contributed by atoms with E-state index >= 15 is 0 Å². The highest BCUT2D eigenvalue weighted by atomic mass is 35.5. The molecule has 1 aromatic heterocycles. The van der Waals surface area contributed by atoms with Crippen LogP contribution in [0.25, 0.3) is 0 Å². The molecule has 2 N–H and O–H groups in total. The second-order valence-electron chi connectivity index (χ2n) is 10.5. The van der Waals surface area contributed by atoms with Crippen LogP contribution in [0.4, 0.5) is 14.5 Å². The number of alkyl halides is 2. The van der Waals surface area contributed by atoms with Gasteiger partial charge in [0.05, 0.1) is 38.0 Å². The number of piperidine rings is 1. The fourth-order valence-electron chi connectivity index (χ4n) is 5.36. The van der Waals surface area contributed by atoms with Crippen molar-refractivity contribution in [3.05, 3.63) is 41.2 Å². The van der Waals surface area contributed by atoms with Crippen molar-refractivity contribution in [1.29, 1.82) is 0 Å². The fourth-order valence-corrected chi connectivity index (χ4v) is 5.52. The maximum absolute atomic E-state index is 14.0. The zero-order valence-corrected chi connectivity index (χ0v) is 23.3. The molecule has 0 spiro atoms. The van der Waals surface area contributed by atoms with Crippen LogP contribution < -0.4 is 10.1 Å². The first kappa shape index (κ1) is 30.2. The first-order chi connectivity index (χ1) is 19.1. The number of hydrogen-bond donors (Lipinski definition) is 2. The van der Waals surface area contributed by atoms with Gasteiger partial charge in [0, 0.05) is 48.5 Å². The van der Waals surface area contributed by atoms with Crippen LogP contribution in [0, 0.1) is 11.8 Å². The Balaban J connectivity index is 1.58. The minimum absolute atomic E-state index is 0.0603. The number of likely N-dealkylation sites (tertiary alicyclic amines) is 1. The molecule has 4 rings (SSSR count). The van der Waals surface area contributed by atoms with Gasteiger partial charge in [-0.15, -0.1) is 0 Å². The maximum Gasteiger partial charge on any atom is 0.387 e. The van der Waals surface area contributed by atoms with Crippen molar-refractivity contribution in [3.8, 4) is 5.75 Å². The van der Waals surface area contributed by atoms with Crippen molar-refractivity contribution in [2.75, 3.05) is 51.4 Å². The highest BCUT2D eigenvalue weighted by Crippen LogP contribution is 2.37. The number of halogens is 3. The first-order valence-corrected chi connectivity index (χ1v) is 13.7. The molecule has 2 aromatic rings. The molecule has 2 fully saturated rings. The molecule has 10 nitrogen and oxygen atoms in total. The van der Waals surface area contributed by atoms with E-state index in [-0.39, 0.29) is 34.8 Å². The molecule has 1 atom stereocenters. The first-order valence-electron chi connectivity index (χ1n) is 13.3. The van der Waals surface area contributed by atoms with Crippen molar-refractivity contribution in [3.63, 3.8) is 0 Å². The number of carboxylic acids is 1. The van der Waals surface area contributed by atoms with E-state index < -0.39 is 29.9 Å². The van der Waals surface area contributed by atoms with Crippen molar-refractivity contribution in [2.24, 2.45) is 11.8 Å². The highest BCUT2D eigenvalue weighted by molar-refractivity contribution is 6.30. The van der Waals surface area contributed by atoms with Crippen LogP contribution in [-0.2, 0) is 24.6 Å². The number of nitrogens with zero attached hydrogens (tertiary/aromatic N) is 3. The summed E-state index contributed by atoms with van der Waals surface area (Å²) in [6, 6.07) is 5.97. The summed E-state index contributed by atoms with van der Waals surface area (Å²) in [4.78, 5) is 28.2. The van der Waals surface area contributed by atoms with Gasteiger partial charge in [-0.05, 0) is 37.0 Å². The van der Waals surface area contributed by atoms with Crippen molar-refractivity contribution < 1.29 is 37.7 Å². The largest absolute Gasteiger partial charge is 0.481 e. The molecule has 220 valence electrons. The molecule has 3 heterocycles. The second-order valence-corrected chi connectivity index (χ2v) is 10.9. The van der Waals surface area contributed by atoms with E-state index in [1.165, 1.54) is 18.2 Å². The SMILES string of the molecule is CC(C)c1ccnn1C1(C(=O)Nc2ccc(Cl)cc2OC(F)F)CCN(C[C@H](C(=O)O)C2COCCOC2)CC1. The predicted octanol–water partition coefficient (Wildman–Crippen LogP) is 4.05. The number of nitrogens with one attached hydrogen (secondary N) is 1. The summed E-state index contributed by atoms with van der Waals surface area (Å²) in [5.74, 6) is -2.52. The summed E-state index contributed by atoms with van der Waals surface area (Å²) in [6.07, 6.45) is 2.28. The molecule has 0 radical (unpaired) electrons. The van der Waals surface area contributed by atoms with Crippen LogP contribution in [-0.4, -0.2) is 84.3 Å². The van der Waals surface area contributed by atoms with E-state index in [2.05, 4.69) is 15.2 Å². The normalized spacial score (nSPS) is 19.4. The van der Waals surface area contributed by atoms with Gasteiger partial charge in [0.25, 0.3) is 5.91 Å². The van der Waals surface area contributed by atoms with Gasteiger partial charge in [-0.3, -0.25) is 14.3 Å². The van der Waals surface area contributed by atoms with E-state index in [0.29, 0.717) is 52.4 Å². The van der Waals surface area contributed by atoms with Gasteiger partial charge in [0.2, 0.25) is 0 Å². The van der Waals surface area contributed by atoms with Gasteiger partial charge in [-0.25, -0.2) is 0 Å². The molecule has 1 amide bonds. The molecule has 2 aliphatic rings. The van der Waals surface area contributed by atoms with E-state index in [4.69, 9.17) is 21.1 Å². The predicted molar refractivity (Wildman–Crippen MR) is 143 cm³/mol. The van der Waals surface area contributed by atoms with Crippen LogP contribution in [0.1, 0.15) is 38.3 Å². The van der Waals surface area contributed by atoms with Crippen LogP contribution in [0.5, 0.6) is 5.75 Å². The minimum Gasteiger partial charge on any atom is -0.481 e. The monoisotopic (exact) mass is 584 g/mol. The minimum atomic E-state index is -3.10. The molecule has 40 heavy (non-hydrogen) atoms. The molecular formula is C27H35ClF2N4O6. The van der Waals surface area contributed by atoms with Gasteiger partial charge in [0.1, 0.15) is 5.54 Å². The average molecular weight is 585 g/mol. The Hall–Kier alpha value is -2.80. The lowest BCUT2D eigenvalue weighted by molar-refractivity contribution is -0.146. The number of hydrogen-bond acceptors (Lipinski definition) is 7. The zero-order chi connectivity index (χ0) is 28.9. The number of rotatable bonds is 10. The van der Waals surface area contributed by atoms with Crippen LogP contribution >= 0.6 is 11.6 Å². The fraction of sp³-hybridized carbons (Fsp3) is 0.593. The Morgan fingerprint density at radius 2 is 1.88 bits per heavy atom. The number of aromatic nitrogens is 2. The van der Waals surface area contributed by atoms with E-state index in [0.717, 1.165) is 5.69 Å². The summed E-state index contributed by atoms with van der Waals surface area (Å²) in [6.45, 7) is 3.51. The third-order valence-electron chi connectivity index (χ3n) is 7.56. The Bertz CT molecular complexity index is 1160. The number of carbonyl (C=O) groups is 2. The zero-order valence-electron chi connectivity index (χ0n) is 22.5. The maximum atomic E-state index is 14.0. The number of amides is 1. The summed E-state index contributed by atoms with van der Waals surface area (Å²) < 4.78 is 43.5. The smallest absolute Gasteiger partial charge is 0.387 e.